The summed E-state index contributed by atoms with van der Waals surface area (Å²) in [6, 6.07) is 0. The molecule has 0 aliphatic carbocycles. The van der Waals surface area contributed by atoms with Crippen molar-refractivity contribution in [2.45, 2.75) is 0 Å². The van der Waals surface area contributed by atoms with Crippen molar-refractivity contribution >= 4 is 46.2 Å². The molecule has 2 nitrogen and oxygen atoms in total. The summed E-state index contributed by atoms with van der Waals surface area (Å²) in [6.07, 6.45) is 0. The normalized spacial score (nSPS) is 0. The van der Waals surface area contributed by atoms with E-state index >= 15 is 0 Å². The molecule has 0 aliphatic heterocycles. The summed E-state index contributed by atoms with van der Waals surface area (Å²) < 4.78 is 0. The molecule has 0 saturated carbocycles. The zero-order valence-corrected chi connectivity index (χ0v) is 5.49. The maximum Gasteiger partial charge on any atom is 2.00 e. The van der Waals surface area contributed by atoms with E-state index in [-0.39, 0.29) is 64.5 Å². The summed E-state index contributed by atoms with van der Waals surface area (Å²) in [5, 5.41) is 0. The maximum absolute atomic E-state index is 0. The van der Waals surface area contributed by atoms with Crippen molar-refractivity contribution in [3.63, 3.8) is 0 Å². The summed E-state index contributed by atoms with van der Waals surface area (Å²) in [7, 11) is 0. The van der Waals surface area contributed by atoms with Gasteiger partial charge in [0.25, 0.3) is 0 Å². The fourth-order valence-corrected chi connectivity index (χ4v) is 0. The largest absolute Gasteiger partial charge is 2.00 e. The van der Waals surface area contributed by atoms with Crippen LogP contribution in [0.5, 0.6) is 0 Å². The number of hydrogen-bond donors (Lipinski definition) is 0. The van der Waals surface area contributed by atoms with Crippen molar-refractivity contribution in [2.75, 3.05) is 0 Å². The molecule has 0 saturated heterocycles. The summed E-state index contributed by atoms with van der Waals surface area (Å²) >= 11 is 0. The third-order valence-electron chi connectivity index (χ3n) is 0. The van der Waals surface area contributed by atoms with E-state index in [1.807, 2.05) is 0 Å². The Bertz CT molecular complexity index is 9.61. The standard InChI is InChI=1S/CH3.B.Ca.2H2O/h1H3;;;2*1H2/q2*-1;+2;;. The minimum absolute atomic E-state index is 0. The molecule has 0 heterocycles. The Kier molecular flexibility index (Phi) is 1350. The molecule has 0 rings (SSSR count). The average molecular weight is 102 g/mol. The van der Waals surface area contributed by atoms with Gasteiger partial charge in [-0.25, -0.2) is 0 Å². The van der Waals surface area contributed by atoms with E-state index in [1.165, 1.54) is 0 Å². The van der Waals surface area contributed by atoms with Crippen LogP contribution in [-0.4, -0.2) is 57.1 Å². The van der Waals surface area contributed by atoms with Crippen LogP contribution < -0.4 is 0 Å². The van der Waals surface area contributed by atoms with Crippen molar-refractivity contribution in [2.24, 2.45) is 0 Å². The Labute approximate surface area is 64.1 Å². The van der Waals surface area contributed by atoms with Gasteiger partial charge in [0.2, 0.25) is 0 Å². The molecule has 5 heavy (non-hydrogen) atoms. The SMILES string of the molecule is O.O.[B-].[CH3-].[Ca+2]. The van der Waals surface area contributed by atoms with Crippen molar-refractivity contribution in [3.05, 3.63) is 7.43 Å². The Balaban J connectivity index is 0. The van der Waals surface area contributed by atoms with Crippen LogP contribution in [-0.2, 0) is 0 Å². The molecule has 0 unspecified atom stereocenters. The van der Waals surface area contributed by atoms with Gasteiger partial charge in [-0.15, -0.1) is 0 Å². The molecule has 0 bridgehead atoms. The average Bonchev–Trinajstić information content (AvgIpc) is 0. The maximum atomic E-state index is 0. The van der Waals surface area contributed by atoms with Crippen LogP contribution in [0.25, 0.3) is 0 Å². The van der Waals surface area contributed by atoms with Crippen LogP contribution in [0, 0.1) is 7.43 Å². The van der Waals surface area contributed by atoms with Gasteiger partial charge in [-0.3, -0.25) is 0 Å². The predicted molar refractivity (Wildman–Crippen MR) is 25.1 cm³/mol. The van der Waals surface area contributed by atoms with Crippen molar-refractivity contribution in [1.29, 1.82) is 0 Å². The molecule has 0 fully saturated rings. The second kappa shape index (κ2) is 61.0. The van der Waals surface area contributed by atoms with Crippen LogP contribution in [0.2, 0.25) is 0 Å². The zero-order valence-electron chi connectivity index (χ0n) is 3.28. The van der Waals surface area contributed by atoms with Crippen LogP contribution in [0.3, 0.4) is 0 Å². The van der Waals surface area contributed by atoms with Gasteiger partial charge in [0.15, 0.2) is 0 Å². The topological polar surface area (TPSA) is 63.0 Å². The summed E-state index contributed by atoms with van der Waals surface area (Å²) in [6.45, 7) is 0. The Morgan fingerprint density at radius 1 is 0.800 bits per heavy atom. The van der Waals surface area contributed by atoms with E-state index in [1.54, 1.807) is 0 Å². The molecule has 0 amide bonds. The van der Waals surface area contributed by atoms with Gasteiger partial charge in [0, 0.05) is 0 Å². The molecule has 0 aromatic carbocycles. The van der Waals surface area contributed by atoms with Crippen LogP contribution in [0.15, 0.2) is 0 Å². The third-order valence-corrected chi connectivity index (χ3v) is 0. The summed E-state index contributed by atoms with van der Waals surface area (Å²) in [5.41, 5.74) is 0. The van der Waals surface area contributed by atoms with E-state index in [0.29, 0.717) is 0 Å². The van der Waals surface area contributed by atoms with Gasteiger partial charge in [0.05, 0.1) is 0 Å². The molecular formula is CH7BCaO2. The summed E-state index contributed by atoms with van der Waals surface area (Å²) in [4.78, 5) is 0. The molecule has 0 aromatic rings. The van der Waals surface area contributed by atoms with Gasteiger partial charge < -0.3 is 26.8 Å². The third kappa shape index (κ3) is 35.6. The van der Waals surface area contributed by atoms with Crippen molar-refractivity contribution < 1.29 is 11.0 Å². The van der Waals surface area contributed by atoms with E-state index in [0.717, 1.165) is 0 Å². The van der Waals surface area contributed by atoms with Gasteiger partial charge in [0.1, 0.15) is 0 Å². The van der Waals surface area contributed by atoms with Crippen molar-refractivity contribution in [1.82, 2.24) is 0 Å². The molecule has 0 aromatic heterocycles. The van der Waals surface area contributed by atoms with Gasteiger partial charge in [-0.1, -0.05) is 0 Å². The molecule has 4 heteroatoms. The van der Waals surface area contributed by atoms with Gasteiger partial charge in [-0.05, 0) is 0 Å². The second-order valence-electron chi connectivity index (χ2n) is 0. The molecule has 28 valence electrons. The minimum atomic E-state index is 0. The molecule has 4 radical (unpaired) electrons. The first-order valence-corrected chi connectivity index (χ1v) is 0. The van der Waals surface area contributed by atoms with Crippen molar-refractivity contribution in [3.8, 4) is 0 Å². The van der Waals surface area contributed by atoms with Gasteiger partial charge >= 0.3 is 37.7 Å². The first-order chi connectivity index (χ1) is 0. The number of rotatable bonds is 0. The molecular weight excluding hydrogens is 94.9 g/mol. The fourth-order valence-electron chi connectivity index (χ4n) is 0. The van der Waals surface area contributed by atoms with E-state index in [2.05, 4.69) is 0 Å². The predicted octanol–water partition coefficient (Wildman–Crippen LogP) is -1.96. The molecule has 0 atom stereocenters. The Morgan fingerprint density at radius 2 is 0.800 bits per heavy atom. The Morgan fingerprint density at radius 3 is 0.800 bits per heavy atom. The minimum Gasteiger partial charge on any atom is -1.00 e. The van der Waals surface area contributed by atoms with Crippen LogP contribution in [0.1, 0.15) is 0 Å². The first kappa shape index (κ1) is 111. The van der Waals surface area contributed by atoms with Gasteiger partial charge in [-0.2, -0.15) is 0 Å². The quantitative estimate of drug-likeness (QED) is 0.252. The van der Waals surface area contributed by atoms with E-state index in [9.17, 15) is 0 Å². The monoisotopic (exact) mass is 102 g/mol. The van der Waals surface area contributed by atoms with Crippen LogP contribution in [0.4, 0.5) is 0 Å². The molecule has 0 aliphatic rings. The fraction of sp³-hybridized carbons (Fsp3) is 0. The number of hydrogen-bond acceptors (Lipinski definition) is 0. The second-order valence-corrected chi connectivity index (χ2v) is 0. The molecule has 4 N–H and O–H groups in total. The first-order valence-electron chi connectivity index (χ1n) is 0. The van der Waals surface area contributed by atoms with E-state index < -0.39 is 0 Å². The van der Waals surface area contributed by atoms with Crippen LogP contribution >= 0.6 is 0 Å². The molecule has 0 spiro atoms. The summed E-state index contributed by atoms with van der Waals surface area (Å²) in [5.74, 6) is 0. The van der Waals surface area contributed by atoms with E-state index in [4.69, 9.17) is 0 Å². The Hall–Kier alpha value is 1.24. The zero-order chi connectivity index (χ0) is 0. The smallest absolute Gasteiger partial charge is 1.00 e.